The van der Waals surface area contributed by atoms with Crippen molar-refractivity contribution < 1.29 is 4.74 Å². The minimum atomic E-state index is 0.795. The number of ether oxygens (including phenoxy) is 1. The quantitative estimate of drug-likeness (QED) is 0.520. The van der Waals surface area contributed by atoms with Gasteiger partial charge in [-0.05, 0) is 54.2 Å². The van der Waals surface area contributed by atoms with Crippen molar-refractivity contribution in [1.82, 2.24) is 0 Å². The van der Waals surface area contributed by atoms with E-state index in [1.807, 2.05) is 0 Å². The molecule has 0 fully saturated rings. The third-order valence-corrected chi connectivity index (χ3v) is 4.17. The summed E-state index contributed by atoms with van der Waals surface area (Å²) >= 11 is 0. The van der Waals surface area contributed by atoms with Gasteiger partial charge in [-0.1, -0.05) is 42.5 Å². The van der Waals surface area contributed by atoms with Crippen LogP contribution in [0.5, 0.6) is 0 Å². The van der Waals surface area contributed by atoms with Crippen LogP contribution < -0.4 is 4.90 Å². The molecule has 2 aromatic carbocycles. The molecule has 2 nitrogen and oxygen atoms in total. The van der Waals surface area contributed by atoms with Crippen LogP contribution in [0.1, 0.15) is 30.9 Å². The fourth-order valence-electron chi connectivity index (χ4n) is 2.76. The van der Waals surface area contributed by atoms with Crippen LogP contribution >= 0.6 is 0 Å². The maximum atomic E-state index is 5.23. The van der Waals surface area contributed by atoms with E-state index in [1.54, 1.807) is 7.11 Å². The lowest BCUT2D eigenvalue weighted by Gasteiger charge is -2.16. The molecule has 0 aliphatic heterocycles. The van der Waals surface area contributed by atoms with Crippen molar-refractivity contribution in [3.8, 4) is 0 Å². The topological polar surface area (TPSA) is 12.5 Å². The van der Waals surface area contributed by atoms with Crippen molar-refractivity contribution in [1.29, 1.82) is 0 Å². The van der Waals surface area contributed by atoms with E-state index in [4.69, 9.17) is 4.74 Å². The van der Waals surface area contributed by atoms with Crippen molar-refractivity contribution >= 4 is 16.8 Å². The van der Waals surface area contributed by atoms with Gasteiger partial charge >= 0.3 is 0 Å². The average Bonchev–Trinajstić information content (AvgIpc) is 2.59. The van der Waals surface area contributed by atoms with Gasteiger partial charge in [0.05, 0.1) is 0 Å². The molecular weight excluding hydrogens is 282 g/mol. The van der Waals surface area contributed by atoms with E-state index < -0.39 is 0 Å². The zero-order chi connectivity index (χ0) is 16.7. The summed E-state index contributed by atoms with van der Waals surface area (Å²) < 4.78 is 5.23. The second-order valence-corrected chi connectivity index (χ2v) is 6.01. The van der Waals surface area contributed by atoms with Crippen molar-refractivity contribution in [3.05, 3.63) is 65.7 Å². The zero-order valence-corrected chi connectivity index (χ0v) is 14.7. The summed E-state index contributed by atoms with van der Waals surface area (Å²) in [5.41, 5.74) is 6.56. The summed E-state index contributed by atoms with van der Waals surface area (Å²) in [7, 11) is 5.90. The number of allylic oxidation sites excluding steroid dienone is 2. The third kappa shape index (κ3) is 4.70. The smallest absolute Gasteiger partial charge is 0.0465 e. The van der Waals surface area contributed by atoms with Gasteiger partial charge in [-0.3, -0.25) is 0 Å². The fraction of sp³-hybridized carbons (Fsp3) is 0.333. The summed E-state index contributed by atoms with van der Waals surface area (Å²) in [6, 6.07) is 19.4. The highest BCUT2D eigenvalue weighted by Crippen LogP contribution is 2.30. The van der Waals surface area contributed by atoms with Gasteiger partial charge < -0.3 is 9.64 Å². The van der Waals surface area contributed by atoms with E-state index in [2.05, 4.69) is 80.5 Å². The standard InChI is InChI=1S/C21H27NO/c1-17(18-12-14-20(15-13-18)22(2)3)21(11-8-16-23-4)19-9-6-5-7-10-19/h5-7,9-10,12-15H,8,11,16H2,1-4H3/b21-17+. The normalized spacial score (nSPS) is 12.0. The summed E-state index contributed by atoms with van der Waals surface area (Å²) in [4.78, 5) is 2.12. The number of benzene rings is 2. The Balaban J connectivity index is 2.35. The summed E-state index contributed by atoms with van der Waals surface area (Å²) in [5, 5.41) is 0. The van der Waals surface area contributed by atoms with Gasteiger partial charge in [0.15, 0.2) is 0 Å². The number of methoxy groups -OCH3 is 1. The zero-order valence-electron chi connectivity index (χ0n) is 14.7. The largest absolute Gasteiger partial charge is 0.385 e. The molecule has 0 amide bonds. The van der Waals surface area contributed by atoms with E-state index in [0.29, 0.717) is 0 Å². The number of rotatable bonds is 7. The molecule has 0 aliphatic carbocycles. The van der Waals surface area contributed by atoms with E-state index in [-0.39, 0.29) is 0 Å². The summed E-state index contributed by atoms with van der Waals surface area (Å²) in [6.07, 6.45) is 2.06. The first-order valence-corrected chi connectivity index (χ1v) is 8.15. The molecule has 0 bridgehead atoms. The van der Waals surface area contributed by atoms with E-state index >= 15 is 0 Å². The maximum absolute atomic E-state index is 5.23. The Morgan fingerprint density at radius 1 is 0.913 bits per heavy atom. The second-order valence-electron chi connectivity index (χ2n) is 6.01. The highest BCUT2D eigenvalue weighted by molar-refractivity contribution is 5.90. The number of hydrogen-bond donors (Lipinski definition) is 0. The minimum absolute atomic E-state index is 0.795. The van der Waals surface area contributed by atoms with E-state index in [1.165, 1.54) is 28.0 Å². The number of hydrogen-bond acceptors (Lipinski definition) is 2. The van der Waals surface area contributed by atoms with Crippen LogP contribution in [-0.2, 0) is 4.74 Å². The van der Waals surface area contributed by atoms with Gasteiger partial charge in [0.2, 0.25) is 0 Å². The Morgan fingerprint density at radius 2 is 1.57 bits per heavy atom. The first-order chi connectivity index (χ1) is 11.1. The van der Waals surface area contributed by atoms with Gasteiger partial charge in [0.25, 0.3) is 0 Å². The van der Waals surface area contributed by atoms with Gasteiger partial charge in [-0.2, -0.15) is 0 Å². The van der Waals surface area contributed by atoms with Gasteiger partial charge in [-0.25, -0.2) is 0 Å². The molecule has 0 heterocycles. The summed E-state index contributed by atoms with van der Waals surface area (Å²) in [6.45, 7) is 3.02. The third-order valence-electron chi connectivity index (χ3n) is 4.17. The first-order valence-electron chi connectivity index (χ1n) is 8.15. The monoisotopic (exact) mass is 309 g/mol. The average molecular weight is 309 g/mol. The SMILES string of the molecule is COCCC/C(=C(/C)c1ccc(N(C)C)cc1)c1ccccc1. The number of anilines is 1. The highest BCUT2D eigenvalue weighted by Gasteiger charge is 2.08. The molecule has 0 N–H and O–H groups in total. The lowest BCUT2D eigenvalue weighted by atomic mass is 9.92. The lowest BCUT2D eigenvalue weighted by Crippen LogP contribution is -2.08. The van der Waals surface area contributed by atoms with Gasteiger partial charge in [0, 0.05) is 33.5 Å². The first kappa shape index (κ1) is 17.3. The summed E-state index contributed by atoms with van der Waals surface area (Å²) in [5.74, 6) is 0. The van der Waals surface area contributed by atoms with Crippen molar-refractivity contribution in [2.75, 3.05) is 32.7 Å². The molecule has 0 unspecified atom stereocenters. The Kier molecular flexibility index (Phi) is 6.42. The molecule has 2 aromatic rings. The van der Waals surface area contributed by atoms with Gasteiger partial charge in [0.1, 0.15) is 0 Å². The molecule has 0 spiro atoms. The van der Waals surface area contributed by atoms with Crippen molar-refractivity contribution in [3.63, 3.8) is 0 Å². The van der Waals surface area contributed by atoms with Crippen LogP contribution in [0.2, 0.25) is 0 Å². The molecule has 0 saturated heterocycles. The van der Waals surface area contributed by atoms with E-state index in [0.717, 1.165) is 19.4 Å². The molecule has 0 aromatic heterocycles. The van der Waals surface area contributed by atoms with Crippen LogP contribution in [-0.4, -0.2) is 27.8 Å². The molecule has 2 rings (SSSR count). The Bertz CT molecular complexity index is 627. The predicted octanol–water partition coefficient (Wildman–Crippen LogP) is 5.11. The molecule has 23 heavy (non-hydrogen) atoms. The fourth-order valence-corrected chi connectivity index (χ4v) is 2.76. The molecule has 0 radical (unpaired) electrons. The van der Waals surface area contributed by atoms with Gasteiger partial charge in [-0.15, -0.1) is 0 Å². The highest BCUT2D eigenvalue weighted by atomic mass is 16.5. The second kappa shape index (κ2) is 8.54. The maximum Gasteiger partial charge on any atom is 0.0465 e. The number of nitrogens with zero attached hydrogens (tertiary/aromatic N) is 1. The van der Waals surface area contributed by atoms with Crippen LogP contribution in [0.25, 0.3) is 11.1 Å². The van der Waals surface area contributed by atoms with Crippen LogP contribution in [0.3, 0.4) is 0 Å². The van der Waals surface area contributed by atoms with E-state index in [9.17, 15) is 0 Å². The Labute approximate surface area is 140 Å². The Hall–Kier alpha value is -2.06. The molecular formula is C21H27NO. The predicted molar refractivity (Wildman–Crippen MR) is 101 cm³/mol. The van der Waals surface area contributed by atoms with Crippen LogP contribution in [0.4, 0.5) is 5.69 Å². The van der Waals surface area contributed by atoms with Crippen LogP contribution in [0, 0.1) is 0 Å². The lowest BCUT2D eigenvalue weighted by molar-refractivity contribution is 0.196. The molecule has 0 atom stereocenters. The minimum Gasteiger partial charge on any atom is -0.385 e. The molecule has 122 valence electrons. The van der Waals surface area contributed by atoms with Crippen molar-refractivity contribution in [2.24, 2.45) is 0 Å². The Morgan fingerprint density at radius 3 is 2.13 bits per heavy atom. The van der Waals surface area contributed by atoms with Crippen molar-refractivity contribution in [2.45, 2.75) is 19.8 Å². The molecule has 2 heteroatoms. The van der Waals surface area contributed by atoms with Crippen LogP contribution in [0.15, 0.2) is 54.6 Å². The molecule has 0 aliphatic rings. The molecule has 0 saturated carbocycles.